The van der Waals surface area contributed by atoms with Crippen molar-refractivity contribution in [2.24, 2.45) is 0 Å². The average molecular weight is 332 g/mol. The lowest BCUT2D eigenvalue weighted by atomic mass is 10.1. The fourth-order valence-corrected chi connectivity index (χ4v) is 2.10. The minimum absolute atomic E-state index is 0.161. The summed E-state index contributed by atoms with van der Waals surface area (Å²) in [7, 11) is 1.33. The largest absolute Gasteiger partial charge is 0.469 e. The molecule has 0 unspecified atom stereocenters. The van der Waals surface area contributed by atoms with Crippen LogP contribution >= 0.6 is 23.2 Å². The van der Waals surface area contributed by atoms with Gasteiger partial charge in [-0.15, -0.1) is 0 Å². The van der Waals surface area contributed by atoms with Gasteiger partial charge in [-0.2, -0.15) is 0 Å². The first-order chi connectivity index (χ1) is 9.99. The highest BCUT2D eigenvalue weighted by Gasteiger charge is 2.17. The lowest BCUT2D eigenvalue weighted by Crippen LogP contribution is -2.34. The van der Waals surface area contributed by atoms with Crippen LogP contribution < -0.4 is 0 Å². The smallest absolute Gasteiger partial charge is 0.307 e. The fourth-order valence-electron chi connectivity index (χ4n) is 1.80. The van der Waals surface area contributed by atoms with Gasteiger partial charge in [-0.25, -0.2) is 0 Å². The zero-order valence-electron chi connectivity index (χ0n) is 12.2. The maximum Gasteiger partial charge on any atom is 0.307 e. The van der Waals surface area contributed by atoms with Crippen molar-refractivity contribution in [3.05, 3.63) is 33.8 Å². The van der Waals surface area contributed by atoms with Crippen LogP contribution in [0.15, 0.2) is 18.2 Å². The summed E-state index contributed by atoms with van der Waals surface area (Å²) in [4.78, 5) is 25.4. The lowest BCUT2D eigenvalue weighted by Gasteiger charge is -2.22. The Morgan fingerprint density at radius 2 is 1.90 bits per heavy atom. The van der Waals surface area contributed by atoms with Gasteiger partial charge in [0.05, 0.1) is 23.6 Å². The molecule has 1 amide bonds. The first-order valence-corrected chi connectivity index (χ1v) is 7.56. The van der Waals surface area contributed by atoms with Crippen LogP contribution in [0.4, 0.5) is 0 Å². The number of methoxy groups -OCH3 is 1. The third-order valence-corrected chi connectivity index (χ3v) is 3.79. The number of rotatable bonds is 7. The van der Waals surface area contributed by atoms with Crippen LogP contribution in [0.5, 0.6) is 0 Å². The quantitative estimate of drug-likeness (QED) is 0.714. The van der Waals surface area contributed by atoms with Gasteiger partial charge in [0.2, 0.25) is 0 Å². The number of unbranched alkanes of at least 4 members (excludes halogenated alkanes) is 1. The SMILES string of the molecule is CCCCN(CCC(=O)OC)C(=O)c1ccc(Cl)c(Cl)c1. The zero-order chi connectivity index (χ0) is 15.8. The van der Waals surface area contributed by atoms with E-state index in [2.05, 4.69) is 4.74 Å². The van der Waals surface area contributed by atoms with Crippen molar-refractivity contribution >= 4 is 35.1 Å². The van der Waals surface area contributed by atoms with Gasteiger partial charge >= 0.3 is 5.97 Å². The number of hydrogen-bond acceptors (Lipinski definition) is 3. The van der Waals surface area contributed by atoms with Crippen molar-refractivity contribution in [2.75, 3.05) is 20.2 Å². The molecule has 21 heavy (non-hydrogen) atoms. The van der Waals surface area contributed by atoms with Crippen LogP contribution in [-0.4, -0.2) is 37.0 Å². The molecule has 4 nitrogen and oxygen atoms in total. The summed E-state index contributed by atoms with van der Waals surface area (Å²) in [5.41, 5.74) is 0.463. The van der Waals surface area contributed by atoms with E-state index in [0.29, 0.717) is 28.7 Å². The van der Waals surface area contributed by atoms with Gasteiger partial charge in [0.25, 0.3) is 5.91 Å². The number of carbonyl (C=O) groups excluding carboxylic acids is 2. The van der Waals surface area contributed by atoms with Gasteiger partial charge in [0.1, 0.15) is 0 Å². The number of nitrogens with zero attached hydrogens (tertiary/aromatic N) is 1. The molecule has 0 atom stereocenters. The number of benzene rings is 1. The van der Waals surface area contributed by atoms with E-state index >= 15 is 0 Å². The highest BCUT2D eigenvalue weighted by Crippen LogP contribution is 2.23. The molecule has 0 N–H and O–H groups in total. The summed E-state index contributed by atoms with van der Waals surface area (Å²) in [5.74, 6) is -0.496. The number of ether oxygens (including phenoxy) is 1. The Hall–Kier alpha value is -1.26. The molecular weight excluding hydrogens is 313 g/mol. The van der Waals surface area contributed by atoms with E-state index in [1.54, 1.807) is 23.1 Å². The number of halogens is 2. The van der Waals surface area contributed by atoms with E-state index < -0.39 is 0 Å². The van der Waals surface area contributed by atoms with Crippen LogP contribution in [-0.2, 0) is 9.53 Å². The number of hydrogen-bond donors (Lipinski definition) is 0. The molecule has 1 rings (SSSR count). The van der Waals surface area contributed by atoms with Crippen molar-refractivity contribution in [3.63, 3.8) is 0 Å². The molecule has 0 saturated heterocycles. The third kappa shape index (κ3) is 5.56. The Morgan fingerprint density at radius 1 is 1.19 bits per heavy atom. The molecule has 1 aromatic rings. The normalized spacial score (nSPS) is 10.3. The summed E-state index contributed by atoms with van der Waals surface area (Å²) in [6.45, 7) is 2.96. The summed E-state index contributed by atoms with van der Waals surface area (Å²) in [5, 5.41) is 0.744. The molecule has 0 saturated carbocycles. The van der Waals surface area contributed by atoms with Gasteiger partial charge in [-0.05, 0) is 24.6 Å². The number of esters is 1. The molecule has 0 fully saturated rings. The lowest BCUT2D eigenvalue weighted by molar-refractivity contribution is -0.140. The minimum Gasteiger partial charge on any atom is -0.469 e. The van der Waals surface area contributed by atoms with E-state index in [1.807, 2.05) is 6.92 Å². The van der Waals surface area contributed by atoms with Crippen molar-refractivity contribution < 1.29 is 14.3 Å². The van der Waals surface area contributed by atoms with Crippen molar-refractivity contribution in [2.45, 2.75) is 26.2 Å². The molecular formula is C15H19Cl2NO3. The summed E-state index contributed by atoms with van der Waals surface area (Å²) in [6, 6.07) is 4.77. The molecule has 0 aliphatic carbocycles. The first-order valence-electron chi connectivity index (χ1n) is 6.80. The molecule has 0 bridgehead atoms. The van der Waals surface area contributed by atoms with Crippen molar-refractivity contribution in [1.82, 2.24) is 4.90 Å². The maximum absolute atomic E-state index is 12.5. The van der Waals surface area contributed by atoms with Crippen LogP contribution in [0.25, 0.3) is 0 Å². The summed E-state index contributed by atoms with van der Waals surface area (Å²) in [6.07, 6.45) is 2.00. The minimum atomic E-state index is -0.335. The third-order valence-electron chi connectivity index (χ3n) is 3.05. The molecule has 0 aromatic heterocycles. The van der Waals surface area contributed by atoms with E-state index in [9.17, 15) is 9.59 Å². The number of amides is 1. The summed E-state index contributed by atoms with van der Waals surface area (Å²) >= 11 is 11.8. The maximum atomic E-state index is 12.5. The molecule has 1 aromatic carbocycles. The molecule has 6 heteroatoms. The predicted molar refractivity (Wildman–Crippen MR) is 83.9 cm³/mol. The second-order valence-electron chi connectivity index (χ2n) is 4.60. The second-order valence-corrected chi connectivity index (χ2v) is 5.42. The van der Waals surface area contributed by atoms with E-state index in [1.165, 1.54) is 7.11 Å². The molecule has 0 spiro atoms. The summed E-state index contributed by atoms with van der Waals surface area (Å²) < 4.78 is 4.61. The topological polar surface area (TPSA) is 46.6 Å². The fraction of sp³-hybridized carbons (Fsp3) is 0.467. The predicted octanol–water partition coefficient (Wildman–Crippen LogP) is 3.80. The highest BCUT2D eigenvalue weighted by molar-refractivity contribution is 6.42. The van der Waals surface area contributed by atoms with Gasteiger partial charge in [0, 0.05) is 18.7 Å². The van der Waals surface area contributed by atoms with Crippen LogP contribution in [0.1, 0.15) is 36.5 Å². The molecule has 116 valence electrons. The molecule has 0 radical (unpaired) electrons. The molecule has 0 heterocycles. The monoisotopic (exact) mass is 331 g/mol. The van der Waals surface area contributed by atoms with Crippen LogP contribution in [0.2, 0.25) is 10.0 Å². The van der Waals surface area contributed by atoms with Crippen molar-refractivity contribution in [3.8, 4) is 0 Å². The Labute approximate surface area is 135 Å². The molecule has 0 aliphatic heterocycles. The zero-order valence-corrected chi connectivity index (χ0v) is 13.7. The second kappa shape index (κ2) is 8.90. The van der Waals surface area contributed by atoms with Gasteiger partial charge in [-0.3, -0.25) is 9.59 Å². The Kier molecular flexibility index (Phi) is 7.54. The number of carbonyl (C=O) groups is 2. The van der Waals surface area contributed by atoms with E-state index in [-0.39, 0.29) is 18.3 Å². The van der Waals surface area contributed by atoms with E-state index in [4.69, 9.17) is 23.2 Å². The van der Waals surface area contributed by atoms with Crippen LogP contribution in [0, 0.1) is 0 Å². The van der Waals surface area contributed by atoms with E-state index in [0.717, 1.165) is 12.8 Å². The van der Waals surface area contributed by atoms with Gasteiger partial charge < -0.3 is 9.64 Å². The standard InChI is InChI=1S/C15H19Cl2NO3/c1-3-4-8-18(9-7-14(19)21-2)15(20)11-5-6-12(16)13(17)10-11/h5-6,10H,3-4,7-9H2,1-2H3. The van der Waals surface area contributed by atoms with Gasteiger partial charge in [-0.1, -0.05) is 36.5 Å². The van der Waals surface area contributed by atoms with Crippen molar-refractivity contribution in [1.29, 1.82) is 0 Å². The van der Waals surface area contributed by atoms with Gasteiger partial charge in [0.15, 0.2) is 0 Å². The van der Waals surface area contributed by atoms with Crippen LogP contribution in [0.3, 0.4) is 0 Å². The highest BCUT2D eigenvalue weighted by atomic mass is 35.5. The molecule has 0 aliphatic rings. The Bertz CT molecular complexity index is 506. The Balaban J connectivity index is 2.82. The first kappa shape index (κ1) is 17.8. The Morgan fingerprint density at radius 3 is 2.48 bits per heavy atom. The average Bonchev–Trinajstić information content (AvgIpc) is 2.49.